The first-order chi connectivity index (χ1) is 14.2. The zero-order valence-electron chi connectivity index (χ0n) is 15.9. The van der Waals surface area contributed by atoms with Gasteiger partial charge in [-0.3, -0.25) is 9.88 Å². The second-order valence-electron chi connectivity index (χ2n) is 6.99. The van der Waals surface area contributed by atoms with Gasteiger partial charge < -0.3 is 4.90 Å². The first-order valence-corrected chi connectivity index (χ1v) is 9.58. The molecule has 3 aromatic rings. The van der Waals surface area contributed by atoms with Crippen LogP contribution in [0.1, 0.15) is 22.9 Å². The lowest BCUT2D eigenvalue weighted by atomic mass is 10.0. The van der Waals surface area contributed by atoms with Gasteiger partial charge in [0.25, 0.3) is 0 Å². The number of anilines is 1. The molecular formula is C22H21FN6. The van der Waals surface area contributed by atoms with Gasteiger partial charge in [0.2, 0.25) is 5.95 Å². The maximum atomic E-state index is 13.4. The summed E-state index contributed by atoms with van der Waals surface area (Å²) in [5, 5.41) is 9.63. The van der Waals surface area contributed by atoms with Crippen molar-refractivity contribution in [3.05, 3.63) is 83.7 Å². The molecule has 0 radical (unpaired) electrons. The summed E-state index contributed by atoms with van der Waals surface area (Å²) in [5.41, 5.74) is 2.31. The second-order valence-corrected chi connectivity index (χ2v) is 6.99. The van der Waals surface area contributed by atoms with E-state index in [-0.39, 0.29) is 5.82 Å². The number of nitrogens with zero attached hydrogens (tertiary/aromatic N) is 6. The van der Waals surface area contributed by atoms with Crippen molar-refractivity contribution in [1.29, 1.82) is 5.26 Å². The van der Waals surface area contributed by atoms with Crippen LogP contribution < -0.4 is 4.90 Å². The van der Waals surface area contributed by atoms with E-state index in [1.54, 1.807) is 30.6 Å². The molecule has 1 atom stereocenters. The van der Waals surface area contributed by atoms with Crippen LogP contribution in [0.4, 0.5) is 10.3 Å². The maximum Gasteiger partial charge on any atom is 0.225 e. The fourth-order valence-corrected chi connectivity index (χ4v) is 3.51. The van der Waals surface area contributed by atoms with E-state index in [1.165, 1.54) is 6.07 Å². The minimum Gasteiger partial charge on any atom is -0.338 e. The Labute approximate surface area is 169 Å². The van der Waals surface area contributed by atoms with Crippen LogP contribution in [0.25, 0.3) is 0 Å². The number of hydrogen-bond donors (Lipinski definition) is 0. The van der Waals surface area contributed by atoms with E-state index in [9.17, 15) is 9.65 Å². The summed E-state index contributed by atoms with van der Waals surface area (Å²) in [6.45, 7) is 3.96. The van der Waals surface area contributed by atoms with Gasteiger partial charge in [0, 0.05) is 45.1 Å². The van der Waals surface area contributed by atoms with E-state index in [0.717, 1.165) is 38.3 Å². The highest BCUT2D eigenvalue weighted by molar-refractivity contribution is 5.36. The molecule has 1 saturated heterocycles. The number of aromatic nitrogens is 3. The summed E-state index contributed by atoms with van der Waals surface area (Å²) in [6, 6.07) is 16.3. The predicted octanol–water partition coefficient (Wildman–Crippen LogP) is 2.99. The van der Waals surface area contributed by atoms with E-state index in [1.807, 2.05) is 24.3 Å². The third-order valence-corrected chi connectivity index (χ3v) is 5.02. The zero-order valence-corrected chi connectivity index (χ0v) is 15.9. The Morgan fingerprint density at radius 2 is 1.83 bits per heavy atom. The summed E-state index contributed by atoms with van der Waals surface area (Å²) in [6.07, 6.45) is 3.38. The van der Waals surface area contributed by atoms with Crippen LogP contribution in [0, 0.1) is 17.1 Å². The van der Waals surface area contributed by atoms with E-state index in [4.69, 9.17) is 0 Å². The van der Waals surface area contributed by atoms with Crippen molar-refractivity contribution in [3.63, 3.8) is 0 Å². The molecule has 0 aliphatic carbocycles. The molecule has 0 bridgehead atoms. The Hall–Kier alpha value is -3.37. The zero-order chi connectivity index (χ0) is 20.1. The van der Waals surface area contributed by atoms with Crippen LogP contribution >= 0.6 is 0 Å². The lowest BCUT2D eigenvalue weighted by Crippen LogP contribution is -2.46. The van der Waals surface area contributed by atoms with Crippen LogP contribution in [-0.2, 0) is 6.54 Å². The fraction of sp³-hybridized carbons (Fsp3) is 0.273. The number of nitriles is 1. The molecular weight excluding hydrogens is 367 g/mol. The van der Waals surface area contributed by atoms with Gasteiger partial charge in [-0.2, -0.15) is 5.26 Å². The first-order valence-electron chi connectivity index (χ1n) is 9.58. The smallest absolute Gasteiger partial charge is 0.225 e. The highest BCUT2D eigenvalue weighted by Gasteiger charge is 2.22. The van der Waals surface area contributed by atoms with E-state index >= 15 is 0 Å². The Morgan fingerprint density at radius 3 is 2.55 bits per heavy atom. The normalized spacial score (nSPS) is 15.7. The monoisotopic (exact) mass is 388 g/mol. The number of hydrogen-bond acceptors (Lipinski definition) is 6. The third kappa shape index (κ3) is 4.55. The molecule has 29 heavy (non-hydrogen) atoms. The molecule has 0 amide bonds. The van der Waals surface area contributed by atoms with Crippen LogP contribution in [0.15, 0.2) is 60.9 Å². The molecule has 1 aliphatic rings. The molecule has 1 aliphatic heterocycles. The predicted molar refractivity (Wildman–Crippen MR) is 108 cm³/mol. The molecule has 6 nitrogen and oxygen atoms in total. The number of rotatable bonds is 5. The van der Waals surface area contributed by atoms with Crippen LogP contribution in [0.3, 0.4) is 0 Å². The largest absolute Gasteiger partial charge is 0.338 e. The minimum atomic E-state index is -0.521. The van der Waals surface area contributed by atoms with E-state index in [2.05, 4.69) is 30.8 Å². The third-order valence-electron chi connectivity index (χ3n) is 5.02. The van der Waals surface area contributed by atoms with Crippen molar-refractivity contribution in [3.8, 4) is 6.07 Å². The molecule has 1 aromatic carbocycles. The van der Waals surface area contributed by atoms with E-state index < -0.39 is 5.92 Å². The molecule has 0 saturated carbocycles. The molecule has 2 aromatic heterocycles. The molecule has 4 rings (SSSR count). The molecule has 1 unspecified atom stereocenters. The molecule has 146 valence electrons. The Morgan fingerprint density at radius 1 is 0.966 bits per heavy atom. The average molecular weight is 388 g/mol. The van der Waals surface area contributed by atoms with Crippen molar-refractivity contribution in [2.75, 3.05) is 31.1 Å². The number of pyridine rings is 1. The Bertz CT molecular complexity index is 995. The summed E-state index contributed by atoms with van der Waals surface area (Å²) >= 11 is 0. The maximum absolute atomic E-state index is 13.4. The average Bonchev–Trinajstić information content (AvgIpc) is 2.76. The van der Waals surface area contributed by atoms with Gasteiger partial charge in [0.15, 0.2) is 0 Å². The second kappa shape index (κ2) is 8.76. The van der Waals surface area contributed by atoms with Gasteiger partial charge in [0.1, 0.15) is 11.7 Å². The molecule has 1 fully saturated rings. The van der Waals surface area contributed by atoms with Crippen molar-refractivity contribution < 1.29 is 4.39 Å². The van der Waals surface area contributed by atoms with Gasteiger partial charge in [-0.15, -0.1) is 0 Å². The SMILES string of the molecule is N#CC(c1ccccn1)c1ccnc(N2CCN(Cc3cccc(F)c3)CC2)n1. The highest BCUT2D eigenvalue weighted by Crippen LogP contribution is 2.22. The molecule has 3 heterocycles. The topological polar surface area (TPSA) is 68.9 Å². The fourth-order valence-electron chi connectivity index (χ4n) is 3.51. The lowest BCUT2D eigenvalue weighted by molar-refractivity contribution is 0.248. The van der Waals surface area contributed by atoms with Crippen molar-refractivity contribution in [2.45, 2.75) is 12.5 Å². The van der Waals surface area contributed by atoms with Crippen molar-refractivity contribution in [2.24, 2.45) is 0 Å². The van der Waals surface area contributed by atoms with Gasteiger partial charge in [0.05, 0.1) is 17.5 Å². The highest BCUT2D eigenvalue weighted by atomic mass is 19.1. The van der Waals surface area contributed by atoms with Crippen LogP contribution in [-0.4, -0.2) is 46.0 Å². The summed E-state index contributed by atoms with van der Waals surface area (Å²) in [7, 11) is 0. The summed E-state index contributed by atoms with van der Waals surface area (Å²) in [4.78, 5) is 17.8. The van der Waals surface area contributed by atoms with Gasteiger partial charge in [-0.05, 0) is 35.9 Å². The first kappa shape index (κ1) is 19.0. The number of benzene rings is 1. The van der Waals surface area contributed by atoms with E-state index in [0.29, 0.717) is 17.3 Å². The molecule has 0 spiro atoms. The van der Waals surface area contributed by atoms with Crippen LogP contribution in [0.5, 0.6) is 0 Å². The van der Waals surface area contributed by atoms with Gasteiger partial charge in [-0.1, -0.05) is 18.2 Å². The summed E-state index contributed by atoms with van der Waals surface area (Å²) < 4.78 is 13.4. The van der Waals surface area contributed by atoms with Gasteiger partial charge >= 0.3 is 0 Å². The molecule has 0 N–H and O–H groups in total. The lowest BCUT2D eigenvalue weighted by Gasteiger charge is -2.34. The molecule has 7 heteroatoms. The standard InChI is InChI=1S/C22H21FN6/c23-18-5-3-4-17(14-18)16-28-10-12-29(13-11-28)22-26-9-7-21(27-22)19(15-24)20-6-1-2-8-25-20/h1-9,14,19H,10-13,16H2. The Kier molecular flexibility index (Phi) is 5.73. The quantitative estimate of drug-likeness (QED) is 0.669. The van der Waals surface area contributed by atoms with Crippen molar-refractivity contribution in [1.82, 2.24) is 19.9 Å². The minimum absolute atomic E-state index is 0.202. The van der Waals surface area contributed by atoms with Crippen molar-refractivity contribution >= 4 is 5.95 Å². The van der Waals surface area contributed by atoms with Gasteiger partial charge in [-0.25, -0.2) is 14.4 Å². The Balaban J connectivity index is 1.43. The number of piperazine rings is 1. The van der Waals surface area contributed by atoms with Crippen LogP contribution in [0.2, 0.25) is 0 Å². The summed E-state index contributed by atoms with van der Waals surface area (Å²) in [5.74, 6) is -0.0948. The number of halogens is 1.